The fraction of sp³-hybridized carbons (Fsp3) is 0.818. The number of hydrogen-bond acceptors (Lipinski definition) is 3. The zero-order valence-corrected chi connectivity index (χ0v) is 10.1. The van der Waals surface area contributed by atoms with Gasteiger partial charge in [-0.1, -0.05) is 27.7 Å². The van der Waals surface area contributed by atoms with E-state index in [1.165, 1.54) is 0 Å². The normalized spacial score (nSPS) is 11.9. The molecular formula is C11H23NO3. The number of hydrogen-bond donors (Lipinski definition) is 2. The summed E-state index contributed by atoms with van der Waals surface area (Å²) in [6.07, 6.45) is 2.19. The molecule has 4 nitrogen and oxygen atoms in total. The van der Waals surface area contributed by atoms with Gasteiger partial charge in [-0.2, -0.15) is 0 Å². The quantitative estimate of drug-likeness (QED) is 0.686. The van der Waals surface area contributed by atoms with Crippen molar-refractivity contribution < 1.29 is 14.7 Å². The van der Waals surface area contributed by atoms with E-state index in [0.717, 1.165) is 6.29 Å². The lowest BCUT2D eigenvalue weighted by atomic mass is 10.1. The van der Waals surface area contributed by atoms with Crippen LogP contribution >= 0.6 is 0 Å². The zero-order valence-electron chi connectivity index (χ0n) is 10.1. The lowest BCUT2D eigenvalue weighted by Gasteiger charge is -2.07. The second-order valence-electron chi connectivity index (χ2n) is 4.37. The molecule has 3 N–H and O–H groups in total. The highest BCUT2D eigenvalue weighted by molar-refractivity contribution is 5.72. The van der Waals surface area contributed by atoms with Gasteiger partial charge in [0, 0.05) is 6.42 Å². The Kier molecular flexibility index (Phi) is 10.6. The number of carbonyl (C=O) groups excluding carboxylic acids is 1. The topological polar surface area (TPSA) is 80.4 Å². The molecule has 0 rings (SSSR count). The molecule has 0 amide bonds. The molecular weight excluding hydrogens is 194 g/mol. The third-order valence-electron chi connectivity index (χ3n) is 1.61. The van der Waals surface area contributed by atoms with Gasteiger partial charge in [0.2, 0.25) is 0 Å². The first-order chi connectivity index (χ1) is 6.81. The molecule has 0 aliphatic carbocycles. The van der Waals surface area contributed by atoms with Crippen LogP contribution in [0.5, 0.6) is 0 Å². The molecule has 0 spiro atoms. The number of aliphatic carboxylic acids is 1. The van der Waals surface area contributed by atoms with Crippen molar-refractivity contribution in [3.8, 4) is 0 Å². The van der Waals surface area contributed by atoms with Crippen LogP contribution in [-0.2, 0) is 9.59 Å². The Morgan fingerprint density at radius 3 is 1.80 bits per heavy atom. The van der Waals surface area contributed by atoms with E-state index in [-0.39, 0.29) is 0 Å². The van der Waals surface area contributed by atoms with E-state index in [4.69, 9.17) is 10.8 Å². The van der Waals surface area contributed by atoms with Crippen LogP contribution in [0.1, 0.15) is 40.5 Å². The van der Waals surface area contributed by atoms with E-state index >= 15 is 0 Å². The molecule has 1 unspecified atom stereocenters. The number of carboxylic acids is 1. The van der Waals surface area contributed by atoms with E-state index in [1.54, 1.807) is 0 Å². The molecule has 0 heterocycles. The summed E-state index contributed by atoms with van der Waals surface area (Å²) in [5, 5.41) is 8.31. The highest BCUT2D eigenvalue weighted by Crippen LogP contribution is 2.01. The minimum absolute atomic E-state index is 0.357. The van der Waals surface area contributed by atoms with Crippen molar-refractivity contribution in [2.45, 2.75) is 46.6 Å². The van der Waals surface area contributed by atoms with Crippen molar-refractivity contribution in [2.75, 3.05) is 0 Å². The van der Waals surface area contributed by atoms with Gasteiger partial charge in [-0.05, 0) is 18.3 Å². The van der Waals surface area contributed by atoms with Crippen molar-refractivity contribution in [1.29, 1.82) is 0 Å². The van der Waals surface area contributed by atoms with Crippen molar-refractivity contribution >= 4 is 12.3 Å². The SMILES string of the molecule is CC(C)CC(N)C(=O)O.CC(C)CC=O. The molecule has 0 saturated heterocycles. The molecule has 15 heavy (non-hydrogen) atoms. The smallest absolute Gasteiger partial charge is 0.320 e. The van der Waals surface area contributed by atoms with E-state index in [9.17, 15) is 9.59 Å². The van der Waals surface area contributed by atoms with Crippen molar-refractivity contribution in [1.82, 2.24) is 0 Å². The third-order valence-corrected chi connectivity index (χ3v) is 1.61. The summed E-state index contributed by atoms with van der Waals surface area (Å²) in [5.74, 6) is -0.0256. The maximum atomic E-state index is 10.1. The maximum Gasteiger partial charge on any atom is 0.320 e. The number of carboxylic acid groups (broad SMARTS) is 1. The van der Waals surface area contributed by atoms with Gasteiger partial charge in [-0.3, -0.25) is 4.79 Å². The van der Waals surface area contributed by atoms with Crippen molar-refractivity contribution in [3.63, 3.8) is 0 Å². The minimum Gasteiger partial charge on any atom is -0.480 e. The molecule has 4 heteroatoms. The Bertz CT molecular complexity index is 179. The first-order valence-electron chi connectivity index (χ1n) is 5.23. The molecule has 0 bridgehead atoms. The van der Waals surface area contributed by atoms with Gasteiger partial charge in [0.15, 0.2) is 0 Å². The fourth-order valence-electron chi connectivity index (χ4n) is 0.801. The van der Waals surface area contributed by atoms with Crippen LogP contribution in [0.2, 0.25) is 0 Å². The maximum absolute atomic E-state index is 10.1. The average molecular weight is 217 g/mol. The van der Waals surface area contributed by atoms with Gasteiger partial charge in [-0.15, -0.1) is 0 Å². The second-order valence-corrected chi connectivity index (χ2v) is 4.37. The summed E-state index contributed by atoms with van der Waals surface area (Å²) in [4.78, 5) is 19.7. The Labute approximate surface area is 91.9 Å². The van der Waals surface area contributed by atoms with Crippen LogP contribution in [-0.4, -0.2) is 23.4 Å². The van der Waals surface area contributed by atoms with Gasteiger partial charge >= 0.3 is 5.97 Å². The van der Waals surface area contributed by atoms with Crippen molar-refractivity contribution in [2.24, 2.45) is 17.6 Å². The number of carbonyl (C=O) groups is 2. The van der Waals surface area contributed by atoms with E-state index in [1.807, 2.05) is 27.7 Å². The largest absolute Gasteiger partial charge is 0.480 e. The van der Waals surface area contributed by atoms with Crippen LogP contribution in [0.25, 0.3) is 0 Å². The van der Waals surface area contributed by atoms with Crippen molar-refractivity contribution in [3.05, 3.63) is 0 Å². The molecule has 0 aliphatic rings. The van der Waals surface area contributed by atoms with E-state index < -0.39 is 12.0 Å². The third kappa shape index (κ3) is 15.8. The molecule has 0 aliphatic heterocycles. The molecule has 0 fully saturated rings. The molecule has 1 atom stereocenters. The fourth-order valence-corrected chi connectivity index (χ4v) is 0.801. The monoisotopic (exact) mass is 217 g/mol. The molecule has 0 aromatic heterocycles. The first kappa shape index (κ1) is 16.5. The Morgan fingerprint density at radius 1 is 1.27 bits per heavy atom. The Balaban J connectivity index is 0. The lowest BCUT2D eigenvalue weighted by molar-refractivity contribution is -0.138. The van der Waals surface area contributed by atoms with Crippen LogP contribution < -0.4 is 5.73 Å². The standard InChI is InChI=1S/C6H13NO2.C5H10O/c1-4(2)3-5(7)6(8)9;1-5(2)3-4-6/h4-5H,3,7H2,1-2H3,(H,8,9);4-5H,3H2,1-2H3. The van der Waals surface area contributed by atoms with E-state index in [2.05, 4.69) is 0 Å². The van der Waals surface area contributed by atoms with Gasteiger partial charge in [-0.25, -0.2) is 0 Å². The van der Waals surface area contributed by atoms with Gasteiger partial charge in [0.1, 0.15) is 12.3 Å². The van der Waals surface area contributed by atoms with Crippen LogP contribution in [0.4, 0.5) is 0 Å². The summed E-state index contributed by atoms with van der Waals surface area (Å²) in [6.45, 7) is 7.94. The average Bonchev–Trinajstić information content (AvgIpc) is 2.03. The minimum atomic E-state index is -0.913. The van der Waals surface area contributed by atoms with E-state index in [0.29, 0.717) is 24.7 Å². The number of rotatable bonds is 5. The zero-order chi connectivity index (χ0) is 12.4. The Morgan fingerprint density at radius 2 is 1.73 bits per heavy atom. The molecule has 0 radical (unpaired) electrons. The summed E-state index contributed by atoms with van der Waals surface area (Å²) in [6, 6.07) is -0.690. The van der Waals surface area contributed by atoms with Crippen LogP contribution in [0.15, 0.2) is 0 Å². The number of aldehydes is 1. The first-order valence-corrected chi connectivity index (χ1v) is 5.23. The summed E-state index contributed by atoms with van der Waals surface area (Å²) in [7, 11) is 0. The molecule has 0 aromatic rings. The van der Waals surface area contributed by atoms with Gasteiger partial charge in [0.25, 0.3) is 0 Å². The Hall–Kier alpha value is -0.900. The molecule has 0 aromatic carbocycles. The lowest BCUT2D eigenvalue weighted by Crippen LogP contribution is -2.31. The van der Waals surface area contributed by atoms with Gasteiger partial charge < -0.3 is 15.6 Å². The summed E-state index contributed by atoms with van der Waals surface area (Å²) < 4.78 is 0. The predicted molar refractivity (Wildman–Crippen MR) is 60.6 cm³/mol. The number of nitrogens with two attached hydrogens (primary N) is 1. The molecule has 90 valence electrons. The second kappa shape index (κ2) is 9.65. The highest BCUT2D eigenvalue weighted by Gasteiger charge is 2.11. The van der Waals surface area contributed by atoms with Gasteiger partial charge in [0.05, 0.1) is 0 Å². The highest BCUT2D eigenvalue weighted by atomic mass is 16.4. The predicted octanol–water partition coefficient (Wildman–Crippen LogP) is 1.68. The molecule has 0 saturated carbocycles. The summed E-state index contributed by atoms with van der Waals surface area (Å²) in [5.41, 5.74) is 5.22. The van der Waals surface area contributed by atoms with Crippen LogP contribution in [0, 0.1) is 11.8 Å². The van der Waals surface area contributed by atoms with Crippen LogP contribution in [0.3, 0.4) is 0 Å². The summed E-state index contributed by atoms with van der Waals surface area (Å²) >= 11 is 0.